The van der Waals surface area contributed by atoms with Crippen molar-refractivity contribution in [2.24, 2.45) is 7.05 Å². The van der Waals surface area contributed by atoms with Crippen LogP contribution >= 0.6 is 0 Å². The molecule has 26 heavy (non-hydrogen) atoms. The Balaban J connectivity index is 1.47. The van der Waals surface area contributed by atoms with Crippen molar-refractivity contribution in [3.8, 4) is 0 Å². The third-order valence-corrected chi connectivity index (χ3v) is 4.98. The van der Waals surface area contributed by atoms with Gasteiger partial charge in [-0.25, -0.2) is 9.97 Å². The zero-order chi connectivity index (χ0) is 18.1. The first kappa shape index (κ1) is 16.5. The second-order valence-corrected chi connectivity index (χ2v) is 6.53. The van der Waals surface area contributed by atoms with Gasteiger partial charge in [-0.2, -0.15) is 5.10 Å². The summed E-state index contributed by atoms with van der Waals surface area (Å²) in [5.41, 5.74) is 2.83. The maximum absolute atomic E-state index is 12.7. The Morgan fingerprint density at radius 3 is 2.50 bits per heavy atom. The molecule has 1 saturated heterocycles. The van der Waals surface area contributed by atoms with Crippen LogP contribution in [0.25, 0.3) is 11.0 Å². The van der Waals surface area contributed by atoms with E-state index in [1.807, 2.05) is 36.2 Å². The molecule has 0 unspecified atom stereocenters. The van der Waals surface area contributed by atoms with Crippen LogP contribution < -0.4 is 4.90 Å². The summed E-state index contributed by atoms with van der Waals surface area (Å²) in [6, 6.07) is 7.92. The second-order valence-electron chi connectivity index (χ2n) is 6.53. The highest BCUT2D eigenvalue weighted by atomic mass is 16.2. The van der Waals surface area contributed by atoms with E-state index >= 15 is 0 Å². The number of hydrogen-bond donors (Lipinski definition) is 0. The van der Waals surface area contributed by atoms with Crippen LogP contribution in [0.5, 0.6) is 0 Å². The Kier molecular flexibility index (Phi) is 4.28. The van der Waals surface area contributed by atoms with Gasteiger partial charge in [-0.05, 0) is 24.1 Å². The van der Waals surface area contributed by atoms with Crippen LogP contribution in [0, 0.1) is 0 Å². The van der Waals surface area contributed by atoms with Crippen molar-refractivity contribution in [2.45, 2.75) is 13.3 Å². The van der Waals surface area contributed by atoms with Crippen LogP contribution in [0.1, 0.15) is 22.8 Å². The fourth-order valence-corrected chi connectivity index (χ4v) is 3.39. The highest BCUT2D eigenvalue weighted by Crippen LogP contribution is 2.23. The van der Waals surface area contributed by atoms with E-state index in [-0.39, 0.29) is 5.91 Å². The lowest BCUT2D eigenvalue weighted by Crippen LogP contribution is -2.49. The molecule has 3 heterocycles. The fourth-order valence-electron chi connectivity index (χ4n) is 3.39. The first-order valence-corrected chi connectivity index (χ1v) is 8.93. The van der Waals surface area contributed by atoms with Gasteiger partial charge in [-0.1, -0.05) is 19.1 Å². The second kappa shape index (κ2) is 6.74. The summed E-state index contributed by atoms with van der Waals surface area (Å²) in [4.78, 5) is 25.6. The van der Waals surface area contributed by atoms with E-state index in [0.29, 0.717) is 13.1 Å². The summed E-state index contributed by atoms with van der Waals surface area (Å²) < 4.78 is 1.75. The number of carbonyl (C=O) groups excluding carboxylic acids is 1. The molecule has 1 fully saturated rings. The molecule has 0 atom stereocenters. The maximum Gasteiger partial charge on any atom is 0.253 e. The Bertz CT molecular complexity index is 925. The molecular weight excluding hydrogens is 328 g/mol. The van der Waals surface area contributed by atoms with Crippen LogP contribution in [-0.2, 0) is 13.5 Å². The monoisotopic (exact) mass is 350 g/mol. The minimum absolute atomic E-state index is 0.0986. The van der Waals surface area contributed by atoms with Gasteiger partial charge in [0.15, 0.2) is 5.65 Å². The smallest absolute Gasteiger partial charge is 0.253 e. The SMILES string of the molecule is CCc1ccc(C(=O)N2CCN(c3ncnc4c3cnn4C)CC2)cc1. The zero-order valence-corrected chi connectivity index (χ0v) is 15.1. The first-order valence-electron chi connectivity index (χ1n) is 8.93. The average molecular weight is 350 g/mol. The van der Waals surface area contributed by atoms with Crippen LogP contribution in [0.2, 0.25) is 0 Å². The Hall–Kier alpha value is -2.96. The molecule has 0 N–H and O–H groups in total. The average Bonchev–Trinajstić information content (AvgIpc) is 3.09. The van der Waals surface area contributed by atoms with E-state index < -0.39 is 0 Å². The van der Waals surface area contributed by atoms with Crippen LogP contribution in [0.3, 0.4) is 0 Å². The molecule has 7 heteroatoms. The molecule has 2 aromatic heterocycles. The number of anilines is 1. The van der Waals surface area contributed by atoms with Crippen molar-refractivity contribution in [1.82, 2.24) is 24.6 Å². The van der Waals surface area contributed by atoms with Gasteiger partial charge in [0, 0.05) is 38.8 Å². The largest absolute Gasteiger partial charge is 0.352 e. The summed E-state index contributed by atoms with van der Waals surface area (Å²) >= 11 is 0. The molecule has 0 saturated carbocycles. The van der Waals surface area contributed by atoms with Crippen molar-refractivity contribution >= 4 is 22.8 Å². The van der Waals surface area contributed by atoms with Crippen molar-refractivity contribution in [3.05, 3.63) is 47.9 Å². The number of hydrogen-bond acceptors (Lipinski definition) is 5. The van der Waals surface area contributed by atoms with Gasteiger partial charge in [0.25, 0.3) is 5.91 Å². The molecule has 0 spiro atoms. The van der Waals surface area contributed by atoms with E-state index in [0.717, 1.165) is 41.9 Å². The number of aryl methyl sites for hydroxylation is 2. The van der Waals surface area contributed by atoms with Gasteiger partial charge in [-0.3, -0.25) is 9.48 Å². The molecule has 0 aliphatic carbocycles. The van der Waals surface area contributed by atoms with E-state index in [9.17, 15) is 4.79 Å². The summed E-state index contributed by atoms with van der Waals surface area (Å²) in [5, 5.41) is 5.22. The summed E-state index contributed by atoms with van der Waals surface area (Å²) in [6.45, 7) is 4.97. The topological polar surface area (TPSA) is 67.2 Å². The molecule has 0 radical (unpaired) electrons. The van der Waals surface area contributed by atoms with Gasteiger partial charge in [-0.15, -0.1) is 0 Å². The Morgan fingerprint density at radius 2 is 1.81 bits per heavy atom. The molecule has 1 aliphatic rings. The molecule has 1 aliphatic heterocycles. The lowest BCUT2D eigenvalue weighted by atomic mass is 10.1. The molecule has 4 rings (SSSR count). The van der Waals surface area contributed by atoms with Crippen molar-refractivity contribution < 1.29 is 4.79 Å². The summed E-state index contributed by atoms with van der Waals surface area (Å²) in [5.74, 6) is 0.990. The van der Waals surface area contributed by atoms with E-state index in [1.165, 1.54) is 5.56 Å². The Labute approximate surface area is 152 Å². The molecular formula is C19H22N6O. The predicted octanol–water partition coefficient (Wildman–Crippen LogP) is 1.89. The van der Waals surface area contributed by atoms with Gasteiger partial charge < -0.3 is 9.80 Å². The van der Waals surface area contributed by atoms with Gasteiger partial charge in [0.1, 0.15) is 12.1 Å². The minimum Gasteiger partial charge on any atom is -0.352 e. The normalized spacial score (nSPS) is 14.8. The van der Waals surface area contributed by atoms with E-state index in [4.69, 9.17) is 0 Å². The molecule has 1 amide bonds. The zero-order valence-electron chi connectivity index (χ0n) is 15.1. The molecule has 1 aromatic carbocycles. The van der Waals surface area contributed by atoms with Crippen molar-refractivity contribution in [1.29, 1.82) is 0 Å². The van der Waals surface area contributed by atoms with Crippen LogP contribution in [-0.4, -0.2) is 56.7 Å². The quantitative estimate of drug-likeness (QED) is 0.722. The number of aromatic nitrogens is 4. The lowest BCUT2D eigenvalue weighted by molar-refractivity contribution is 0.0746. The van der Waals surface area contributed by atoms with E-state index in [1.54, 1.807) is 17.2 Å². The highest BCUT2D eigenvalue weighted by Gasteiger charge is 2.24. The number of fused-ring (bicyclic) bond motifs is 1. The van der Waals surface area contributed by atoms with Gasteiger partial charge >= 0.3 is 0 Å². The van der Waals surface area contributed by atoms with Crippen molar-refractivity contribution in [2.75, 3.05) is 31.1 Å². The fraction of sp³-hybridized carbons (Fsp3) is 0.368. The standard InChI is InChI=1S/C19H22N6O/c1-3-14-4-6-15(7-5-14)19(26)25-10-8-24(9-11-25)18-16-12-22-23(2)17(16)20-13-21-18/h4-7,12-13H,3,8-11H2,1-2H3. The number of rotatable bonds is 3. The van der Waals surface area contributed by atoms with Gasteiger partial charge in [0.2, 0.25) is 0 Å². The predicted molar refractivity (Wildman–Crippen MR) is 100 cm³/mol. The molecule has 134 valence electrons. The lowest BCUT2D eigenvalue weighted by Gasteiger charge is -2.35. The molecule has 7 nitrogen and oxygen atoms in total. The number of nitrogens with zero attached hydrogens (tertiary/aromatic N) is 6. The molecule has 3 aromatic rings. The molecule has 0 bridgehead atoms. The van der Waals surface area contributed by atoms with Gasteiger partial charge in [0.05, 0.1) is 11.6 Å². The Morgan fingerprint density at radius 1 is 1.08 bits per heavy atom. The van der Waals surface area contributed by atoms with E-state index in [2.05, 4.69) is 26.9 Å². The highest BCUT2D eigenvalue weighted by molar-refractivity contribution is 5.94. The maximum atomic E-state index is 12.7. The number of amides is 1. The number of benzene rings is 1. The van der Waals surface area contributed by atoms with Crippen LogP contribution in [0.4, 0.5) is 5.82 Å². The number of carbonyl (C=O) groups is 1. The third kappa shape index (κ3) is 2.89. The van der Waals surface area contributed by atoms with Crippen LogP contribution in [0.15, 0.2) is 36.8 Å². The summed E-state index contributed by atoms with van der Waals surface area (Å²) in [6.07, 6.45) is 4.36. The third-order valence-electron chi connectivity index (χ3n) is 4.98. The van der Waals surface area contributed by atoms with Crippen molar-refractivity contribution in [3.63, 3.8) is 0 Å². The summed E-state index contributed by atoms with van der Waals surface area (Å²) in [7, 11) is 1.87. The minimum atomic E-state index is 0.0986. The number of piperazine rings is 1. The first-order chi connectivity index (χ1) is 12.7.